The van der Waals surface area contributed by atoms with Gasteiger partial charge in [-0.15, -0.1) is 0 Å². The van der Waals surface area contributed by atoms with Crippen molar-refractivity contribution >= 4 is 35.3 Å². The van der Waals surface area contributed by atoms with E-state index in [4.69, 9.17) is 5.73 Å². The molecule has 2 saturated heterocycles. The lowest BCUT2D eigenvalue weighted by atomic mass is 10.0. The Hall–Kier alpha value is -2.22. The molecular formula is C17H22N4O3S. The number of primary amides is 1. The van der Waals surface area contributed by atoms with Gasteiger partial charge in [-0.2, -0.15) is 11.8 Å². The van der Waals surface area contributed by atoms with E-state index >= 15 is 0 Å². The number of benzene rings is 1. The highest BCUT2D eigenvalue weighted by Crippen LogP contribution is 2.33. The number of urea groups is 1. The van der Waals surface area contributed by atoms with Gasteiger partial charge in [0.1, 0.15) is 0 Å². The first kappa shape index (κ1) is 17.6. The normalized spacial score (nSPS) is 24.3. The zero-order valence-corrected chi connectivity index (χ0v) is 14.6. The van der Waals surface area contributed by atoms with Crippen molar-refractivity contribution < 1.29 is 14.4 Å². The van der Waals surface area contributed by atoms with Crippen LogP contribution in [0.1, 0.15) is 36.0 Å². The lowest BCUT2D eigenvalue weighted by molar-refractivity contribution is -0.116. The largest absolute Gasteiger partial charge is 0.366 e. The van der Waals surface area contributed by atoms with Crippen LogP contribution in [-0.4, -0.2) is 40.9 Å². The summed E-state index contributed by atoms with van der Waals surface area (Å²) in [6.45, 7) is 0. The molecule has 0 unspecified atom stereocenters. The summed E-state index contributed by atoms with van der Waals surface area (Å²) >= 11 is 1.89. The van der Waals surface area contributed by atoms with Crippen LogP contribution in [0.25, 0.3) is 0 Å². The van der Waals surface area contributed by atoms with Gasteiger partial charge in [0.2, 0.25) is 11.8 Å². The van der Waals surface area contributed by atoms with Gasteiger partial charge in [-0.1, -0.05) is 6.42 Å². The maximum absolute atomic E-state index is 12.0. The maximum atomic E-state index is 12.0. The standard InChI is InChI=1S/C17H22N4O3S/c18-16(23)10-5-7-11(8-6-10)19-14(22)4-2-1-3-13-15-12(9-25-13)20-17(24)21-15/h5-8,12-13,15H,1-4,9H2,(H2,18,23)(H,19,22)(H2,20,21,24)/t12-,13+,15-/m1/s1. The van der Waals surface area contributed by atoms with Crippen LogP contribution in [0, 0.1) is 0 Å². The molecule has 7 nitrogen and oxygen atoms in total. The molecule has 2 aliphatic rings. The molecule has 2 fully saturated rings. The summed E-state index contributed by atoms with van der Waals surface area (Å²) in [7, 11) is 0. The number of carbonyl (C=O) groups is 3. The van der Waals surface area contributed by atoms with Crippen molar-refractivity contribution in [3.63, 3.8) is 0 Å². The molecule has 1 aromatic carbocycles. The van der Waals surface area contributed by atoms with Crippen LogP contribution < -0.4 is 21.7 Å². The van der Waals surface area contributed by atoms with E-state index in [1.807, 2.05) is 11.8 Å². The third kappa shape index (κ3) is 4.45. The van der Waals surface area contributed by atoms with Crippen LogP contribution in [-0.2, 0) is 4.79 Å². The molecule has 25 heavy (non-hydrogen) atoms. The molecule has 3 rings (SSSR count). The summed E-state index contributed by atoms with van der Waals surface area (Å²) in [5.41, 5.74) is 6.25. The van der Waals surface area contributed by atoms with Crippen molar-refractivity contribution in [3.8, 4) is 0 Å². The van der Waals surface area contributed by atoms with Gasteiger partial charge in [-0.05, 0) is 37.1 Å². The minimum absolute atomic E-state index is 0.0420. The lowest BCUT2D eigenvalue weighted by Crippen LogP contribution is -2.36. The highest BCUT2D eigenvalue weighted by Gasteiger charge is 2.42. The number of nitrogens with one attached hydrogen (secondary N) is 3. The molecule has 4 amide bonds. The molecule has 0 bridgehead atoms. The number of carbonyl (C=O) groups excluding carboxylic acids is 3. The van der Waals surface area contributed by atoms with Gasteiger partial charge in [-0.3, -0.25) is 9.59 Å². The Labute approximate surface area is 150 Å². The van der Waals surface area contributed by atoms with Crippen LogP contribution >= 0.6 is 11.8 Å². The van der Waals surface area contributed by atoms with Crippen LogP contribution in [0.3, 0.4) is 0 Å². The van der Waals surface area contributed by atoms with Crippen LogP contribution in [0.15, 0.2) is 24.3 Å². The third-order valence-corrected chi connectivity index (χ3v) is 6.04. The summed E-state index contributed by atoms with van der Waals surface area (Å²) in [5.74, 6) is 0.425. The second kappa shape index (κ2) is 7.77. The number of amides is 4. The monoisotopic (exact) mass is 362 g/mol. The molecule has 0 spiro atoms. The number of unbranched alkanes of at least 4 members (excludes halogenated alkanes) is 1. The summed E-state index contributed by atoms with van der Waals surface area (Å²) in [6, 6.07) is 6.92. The van der Waals surface area contributed by atoms with Crippen LogP contribution in [0.4, 0.5) is 10.5 Å². The number of fused-ring (bicyclic) bond motifs is 1. The fourth-order valence-electron chi connectivity index (χ4n) is 3.22. The SMILES string of the molecule is NC(=O)c1ccc(NC(=O)CCCC[C@@H]2SC[C@H]3NC(=O)N[C@@H]23)cc1. The first-order valence-electron chi connectivity index (χ1n) is 8.41. The predicted molar refractivity (Wildman–Crippen MR) is 97.5 cm³/mol. The molecule has 0 aromatic heterocycles. The van der Waals surface area contributed by atoms with E-state index in [0.29, 0.717) is 22.9 Å². The number of rotatable bonds is 7. The second-order valence-electron chi connectivity index (χ2n) is 6.36. The van der Waals surface area contributed by atoms with Gasteiger partial charge < -0.3 is 21.7 Å². The Morgan fingerprint density at radius 2 is 1.96 bits per heavy atom. The number of anilines is 1. The molecule has 0 radical (unpaired) electrons. The molecule has 0 aliphatic carbocycles. The van der Waals surface area contributed by atoms with E-state index in [1.54, 1.807) is 24.3 Å². The number of hydrogen-bond donors (Lipinski definition) is 4. The van der Waals surface area contributed by atoms with Crippen molar-refractivity contribution in [2.24, 2.45) is 5.73 Å². The highest BCUT2D eigenvalue weighted by molar-refractivity contribution is 8.00. The van der Waals surface area contributed by atoms with E-state index in [0.717, 1.165) is 25.0 Å². The smallest absolute Gasteiger partial charge is 0.315 e. The Bertz CT molecular complexity index is 664. The molecule has 5 N–H and O–H groups in total. The van der Waals surface area contributed by atoms with E-state index in [1.165, 1.54) is 0 Å². The maximum Gasteiger partial charge on any atom is 0.315 e. The summed E-state index contributed by atoms with van der Waals surface area (Å²) < 4.78 is 0. The summed E-state index contributed by atoms with van der Waals surface area (Å²) in [6.07, 6.45) is 3.20. The predicted octanol–water partition coefficient (Wildman–Crippen LogP) is 1.45. The van der Waals surface area contributed by atoms with E-state index in [-0.39, 0.29) is 24.0 Å². The molecule has 1 aromatic rings. The Balaban J connectivity index is 1.35. The van der Waals surface area contributed by atoms with E-state index < -0.39 is 5.91 Å². The summed E-state index contributed by atoms with van der Waals surface area (Å²) in [5, 5.41) is 9.15. The van der Waals surface area contributed by atoms with Crippen molar-refractivity contribution in [2.45, 2.75) is 43.0 Å². The first-order valence-corrected chi connectivity index (χ1v) is 9.46. The number of hydrogen-bond acceptors (Lipinski definition) is 4. The average Bonchev–Trinajstić information content (AvgIpc) is 3.11. The average molecular weight is 362 g/mol. The van der Waals surface area contributed by atoms with Crippen molar-refractivity contribution in [2.75, 3.05) is 11.1 Å². The molecule has 2 heterocycles. The van der Waals surface area contributed by atoms with Gasteiger partial charge in [-0.25, -0.2) is 4.79 Å². The number of nitrogens with two attached hydrogens (primary N) is 1. The summed E-state index contributed by atoms with van der Waals surface area (Å²) in [4.78, 5) is 34.3. The Kier molecular flexibility index (Phi) is 5.47. The van der Waals surface area contributed by atoms with Gasteiger partial charge >= 0.3 is 6.03 Å². The van der Waals surface area contributed by atoms with Crippen LogP contribution in [0.5, 0.6) is 0 Å². The number of thioether (sulfide) groups is 1. The molecule has 3 atom stereocenters. The quantitative estimate of drug-likeness (QED) is 0.434. The van der Waals surface area contributed by atoms with Crippen molar-refractivity contribution in [1.29, 1.82) is 0 Å². The zero-order chi connectivity index (χ0) is 17.8. The minimum atomic E-state index is -0.487. The minimum Gasteiger partial charge on any atom is -0.366 e. The van der Waals surface area contributed by atoms with Crippen molar-refractivity contribution in [1.82, 2.24) is 10.6 Å². The first-order chi connectivity index (χ1) is 12.0. The Morgan fingerprint density at radius 1 is 1.20 bits per heavy atom. The van der Waals surface area contributed by atoms with Gasteiger partial charge in [0.15, 0.2) is 0 Å². The Morgan fingerprint density at radius 3 is 2.68 bits per heavy atom. The molecule has 8 heteroatoms. The fourth-order valence-corrected chi connectivity index (χ4v) is 4.76. The molecule has 0 saturated carbocycles. The lowest BCUT2D eigenvalue weighted by Gasteiger charge is -2.16. The molecule has 2 aliphatic heterocycles. The van der Waals surface area contributed by atoms with Gasteiger partial charge in [0.05, 0.1) is 12.1 Å². The second-order valence-corrected chi connectivity index (χ2v) is 7.63. The fraction of sp³-hybridized carbons (Fsp3) is 0.471. The highest BCUT2D eigenvalue weighted by atomic mass is 32.2. The third-order valence-electron chi connectivity index (χ3n) is 4.53. The van der Waals surface area contributed by atoms with E-state index in [2.05, 4.69) is 16.0 Å². The topological polar surface area (TPSA) is 113 Å². The molecular weight excluding hydrogens is 340 g/mol. The van der Waals surface area contributed by atoms with E-state index in [9.17, 15) is 14.4 Å². The van der Waals surface area contributed by atoms with Gasteiger partial charge in [0.25, 0.3) is 0 Å². The van der Waals surface area contributed by atoms with Crippen molar-refractivity contribution in [3.05, 3.63) is 29.8 Å². The zero-order valence-electron chi connectivity index (χ0n) is 13.8. The molecule has 134 valence electrons. The van der Waals surface area contributed by atoms with Crippen LogP contribution in [0.2, 0.25) is 0 Å². The van der Waals surface area contributed by atoms with Gasteiger partial charge in [0, 0.05) is 28.7 Å².